The Balaban J connectivity index is 2.26. The summed E-state index contributed by atoms with van der Waals surface area (Å²) in [5.41, 5.74) is 0.919. The molecular weight excluding hydrogens is 234 g/mol. The van der Waals surface area contributed by atoms with Crippen LogP contribution in [0.5, 0.6) is 0 Å². The summed E-state index contributed by atoms with van der Waals surface area (Å²) >= 11 is 1.38. The topological polar surface area (TPSA) is 47.0 Å². The third kappa shape index (κ3) is 5.00. The maximum atomic E-state index is 5.73. The summed E-state index contributed by atoms with van der Waals surface area (Å²) in [6.45, 7) is 5.85. The van der Waals surface area contributed by atoms with E-state index in [1.54, 1.807) is 0 Å². The van der Waals surface area contributed by atoms with Crippen LogP contribution in [-0.2, 0) is 11.3 Å². The molecule has 1 N–H and O–H groups in total. The molecule has 1 aromatic rings. The Morgan fingerprint density at radius 3 is 2.88 bits per heavy atom. The van der Waals surface area contributed by atoms with E-state index in [1.807, 2.05) is 7.05 Å². The molecule has 1 rings (SSSR count). The highest BCUT2D eigenvalue weighted by atomic mass is 32.1. The molecule has 0 aliphatic heterocycles. The molecule has 4 nitrogen and oxygen atoms in total. The lowest BCUT2D eigenvalue weighted by Gasteiger charge is -2.14. The van der Waals surface area contributed by atoms with Gasteiger partial charge in [0.15, 0.2) is 0 Å². The quantitative estimate of drug-likeness (QED) is 0.737. The molecule has 1 atom stereocenters. The van der Waals surface area contributed by atoms with E-state index in [1.165, 1.54) is 37.2 Å². The maximum Gasteiger partial charge on any atom is 0.135 e. The standard InChI is InChI=1S/C12H23N3OS/c1-4-6-7-10(5-2)8-16-9-11-12(13-3)17-15-14-11/h10,13H,4-9H2,1-3H3. The van der Waals surface area contributed by atoms with Crippen LogP contribution in [0.4, 0.5) is 5.00 Å². The molecule has 1 aromatic heterocycles. The van der Waals surface area contributed by atoms with Crippen LogP contribution in [0.3, 0.4) is 0 Å². The van der Waals surface area contributed by atoms with Gasteiger partial charge in [-0.25, -0.2) is 0 Å². The molecule has 17 heavy (non-hydrogen) atoms. The molecule has 0 spiro atoms. The van der Waals surface area contributed by atoms with Crippen molar-refractivity contribution in [2.75, 3.05) is 19.0 Å². The molecule has 0 fully saturated rings. The summed E-state index contributed by atoms with van der Waals surface area (Å²) in [5, 5.41) is 8.13. The average molecular weight is 257 g/mol. The SMILES string of the molecule is CCCCC(CC)COCc1nnsc1NC. The van der Waals surface area contributed by atoms with Crippen LogP contribution in [0, 0.1) is 5.92 Å². The molecule has 0 aliphatic rings. The number of rotatable bonds is 9. The highest BCUT2D eigenvalue weighted by Gasteiger charge is 2.09. The summed E-state index contributed by atoms with van der Waals surface area (Å²) in [5.74, 6) is 0.680. The number of anilines is 1. The van der Waals surface area contributed by atoms with Crippen LogP contribution < -0.4 is 5.32 Å². The molecular formula is C12H23N3OS. The van der Waals surface area contributed by atoms with Crippen LogP contribution in [0.1, 0.15) is 45.2 Å². The predicted octanol–water partition coefficient (Wildman–Crippen LogP) is 3.31. The molecule has 98 valence electrons. The van der Waals surface area contributed by atoms with Crippen LogP contribution in [0.15, 0.2) is 0 Å². The monoisotopic (exact) mass is 257 g/mol. The molecule has 0 bridgehead atoms. The van der Waals surface area contributed by atoms with Gasteiger partial charge in [-0.1, -0.05) is 37.6 Å². The van der Waals surface area contributed by atoms with Crippen molar-refractivity contribution in [3.05, 3.63) is 5.69 Å². The summed E-state index contributed by atoms with van der Waals surface area (Å²) in [4.78, 5) is 0. The minimum Gasteiger partial charge on any atom is -0.377 e. The van der Waals surface area contributed by atoms with E-state index < -0.39 is 0 Å². The molecule has 0 radical (unpaired) electrons. The average Bonchev–Trinajstić information content (AvgIpc) is 2.81. The largest absolute Gasteiger partial charge is 0.377 e. The van der Waals surface area contributed by atoms with Crippen molar-refractivity contribution in [3.63, 3.8) is 0 Å². The highest BCUT2D eigenvalue weighted by Crippen LogP contribution is 2.18. The lowest BCUT2D eigenvalue weighted by Crippen LogP contribution is -2.09. The maximum absolute atomic E-state index is 5.73. The first-order valence-corrected chi connectivity index (χ1v) is 7.15. The van der Waals surface area contributed by atoms with Gasteiger partial charge in [0.05, 0.1) is 6.61 Å². The van der Waals surface area contributed by atoms with Gasteiger partial charge < -0.3 is 10.1 Å². The van der Waals surface area contributed by atoms with Crippen molar-refractivity contribution in [3.8, 4) is 0 Å². The Labute approximate surface area is 108 Å². The minimum absolute atomic E-state index is 0.565. The van der Waals surface area contributed by atoms with Gasteiger partial charge in [0.1, 0.15) is 10.7 Å². The van der Waals surface area contributed by atoms with Gasteiger partial charge in [-0.05, 0) is 12.3 Å². The van der Waals surface area contributed by atoms with Crippen LogP contribution >= 0.6 is 11.5 Å². The molecule has 0 saturated heterocycles. The first kappa shape index (κ1) is 14.4. The van der Waals surface area contributed by atoms with E-state index in [2.05, 4.69) is 28.8 Å². The summed E-state index contributed by atoms with van der Waals surface area (Å²) in [6, 6.07) is 0. The van der Waals surface area contributed by atoms with Crippen molar-refractivity contribution in [2.24, 2.45) is 5.92 Å². The Morgan fingerprint density at radius 1 is 1.41 bits per heavy atom. The van der Waals surface area contributed by atoms with Crippen molar-refractivity contribution in [1.82, 2.24) is 9.59 Å². The van der Waals surface area contributed by atoms with Gasteiger partial charge in [0.2, 0.25) is 0 Å². The normalized spacial score (nSPS) is 12.6. The number of hydrogen-bond acceptors (Lipinski definition) is 5. The van der Waals surface area contributed by atoms with Crippen molar-refractivity contribution in [2.45, 2.75) is 46.1 Å². The zero-order chi connectivity index (χ0) is 12.5. The van der Waals surface area contributed by atoms with E-state index in [0.717, 1.165) is 17.3 Å². The number of ether oxygens (including phenoxy) is 1. The molecule has 0 aromatic carbocycles. The van der Waals surface area contributed by atoms with Crippen molar-refractivity contribution < 1.29 is 4.74 Å². The third-order valence-corrected chi connectivity index (χ3v) is 3.70. The number of aromatic nitrogens is 2. The van der Waals surface area contributed by atoms with Crippen molar-refractivity contribution in [1.29, 1.82) is 0 Å². The second-order valence-electron chi connectivity index (χ2n) is 4.23. The predicted molar refractivity (Wildman–Crippen MR) is 72.4 cm³/mol. The summed E-state index contributed by atoms with van der Waals surface area (Å²) in [6.07, 6.45) is 5.01. The van der Waals surface area contributed by atoms with E-state index in [9.17, 15) is 0 Å². The van der Waals surface area contributed by atoms with Gasteiger partial charge in [-0.2, -0.15) is 0 Å². The number of unbranched alkanes of at least 4 members (excludes halogenated alkanes) is 1. The fourth-order valence-electron chi connectivity index (χ4n) is 1.71. The summed E-state index contributed by atoms with van der Waals surface area (Å²) < 4.78 is 9.64. The number of nitrogens with one attached hydrogen (secondary N) is 1. The van der Waals surface area contributed by atoms with E-state index in [0.29, 0.717) is 12.5 Å². The fourth-order valence-corrected chi connectivity index (χ4v) is 2.23. The van der Waals surface area contributed by atoms with Gasteiger partial charge in [-0.15, -0.1) is 5.10 Å². The van der Waals surface area contributed by atoms with Gasteiger partial charge in [0.25, 0.3) is 0 Å². The van der Waals surface area contributed by atoms with E-state index >= 15 is 0 Å². The lowest BCUT2D eigenvalue weighted by atomic mass is 10.0. The molecule has 1 heterocycles. The van der Waals surface area contributed by atoms with Crippen LogP contribution in [-0.4, -0.2) is 23.2 Å². The van der Waals surface area contributed by atoms with Gasteiger partial charge >= 0.3 is 0 Å². The molecule has 0 aliphatic carbocycles. The minimum atomic E-state index is 0.565. The van der Waals surface area contributed by atoms with E-state index in [-0.39, 0.29) is 0 Å². The number of hydrogen-bond donors (Lipinski definition) is 1. The zero-order valence-corrected chi connectivity index (χ0v) is 11.8. The Kier molecular flexibility index (Phi) is 7.12. The molecule has 5 heteroatoms. The highest BCUT2D eigenvalue weighted by molar-refractivity contribution is 7.10. The number of nitrogens with zero attached hydrogens (tertiary/aromatic N) is 2. The second kappa shape index (κ2) is 8.42. The zero-order valence-electron chi connectivity index (χ0n) is 11.0. The van der Waals surface area contributed by atoms with Gasteiger partial charge in [-0.3, -0.25) is 0 Å². The van der Waals surface area contributed by atoms with Crippen LogP contribution in [0.2, 0.25) is 0 Å². The van der Waals surface area contributed by atoms with E-state index in [4.69, 9.17) is 4.74 Å². The van der Waals surface area contributed by atoms with Crippen molar-refractivity contribution >= 4 is 16.5 Å². The Hall–Kier alpha value is -0.680. The Bertz CT molecular complexity index is 304. The molecule has 1 unspecified atom stereocenters. The first-order chi connectivity index (χ1) is 8.31. The second-order valence-corrected chi connectivity index (χ2v) is 4.98. The van der Waals surface area contributed by atoms with Gasteiger partial charge in [0, 0.05) is 25.2 Å². The summed E-state index contributed by atoms with van der Waals surface area (Å²) in [7, 11) is 1.88. The smallest absolute Gasteiger partial charge is 0.135 e. The fraction of sp³-hybridized carbons (Fsp3) is 0.833. The lowest BCUT2D eigenvalue weighted by molar-refractivity contribution is 0.0802. The first-order valence-electron chi connectivity index (χ1n) is 6.38. The molecule has 0 amide bonds. The molecule has 0 saturated carbocycles. The third-order valence-electron chi connectivity index (χ3n) is 2.92. The Morgan fingerprint density at radius 2 is 2.24 bits per heavy atom. The van der Waals surface area contributed by atoms with Crippen LogP contribution in [0.25, 0.3) is 0 Å².